The average molecular weight is 303 g/mol. The molecule has 2 N–H and O–H groups in total. The minimum Gasteiger partial charge on any atom is -0.480 e. The van der Waals surface area contributed by atoms with Gasteiger partial charge in [0.1, 0.15) is 12.2 Å². The molecule has 1 amide bonds. The van der Waals surface area contributed by atoms with E-state index in [-0.39, 0.29) is 24.4 Å². The second-order valence-corrected chi connectivity index (χ2v) is 4.95. The molecule has 7 nitrogen and oxygen atoms in total. The number of H-pyrrole nitrogens is 1. The number of amides is 1. The monoisotopic (exact) mass is 303 g/mol. The van der Waals surface area contributed by atoms with Gasteiger partial charge in [-0.15, -0.1) is 0 Å². The van der Waals surface area contributed by atoms with E-state index in [0.29, 0.717) is 24.2 Å². The third-order valence-electron chi connectivity index (χ3n) is 3.21. The highest BCUT2D eigenvalue weighted by Gasteiger charge is 2.18. The average Bonchev–Trinajstić information content (AvgIpc) is 2.47. The minimum absolute atomic E-state index is 0.132. The highest BCUT2D eigenvalue weighted by molar-refractivity contribution is 5.84. The van der Waals surface area contributed by atoms with Gasteiger partial charge >= 0.3 is 5.97 Å². The van der Waals surface area contributed by atoms with Crippen LogP contribution in [0.5, 0.6) is 0 Å². The molecule has 0 fully saturated rings. The minimum atomic E-state index is -1.07. The molecule has 2 heterocycles. The van der Waals surface area contributed by atoms with Crippen LogP contribution >= 0.6 is 0 Å². The number of nitrogens with zero attached hydrogens (tertiary/aromatic N) is 2. The van der Waals surface area contributed by atoms with Crippen molar-refractivity contribution in [2.75, 3.05) is 13.1 Å². The maximum absolute atomic E-state index is 12.2. The SMILES string of the molecule is CCCN(CC(=O)O)C(=O)Cc1cc2cccnc2[nH]c1=O. The van der Waals surface area contributed by atoms with E-state index in [1.54, 1.807) is 24.4 Å². The van der Waals surface area contributed by atoms with E-state index in [1.165, 1.54) is 4.90 Å². The third-order valence-corrected chi connectivity index (χ3v) is 3.21. The summed E-state index contributed by atoms with van der Waals surface area (Å²) < 4.78 is 0. The van der Waals surface area contributed by atoms with Crippen molar-refractivity contribution >= 4 is 22.9 Å². The van der Waals surface area contributed by atoms with Crippen molar-refractivity contribution in [2.24, 2.45) is 0 Å². The molecule has 0 aromatic carbocycles. The predicted octanol–water partition coefficient (Wildman–Crippen LogP) is 0.789. The molecule has 0 atom stereocenters. The van der Waals surface area contributed by atoms with Crippen LogP contribution in [0, 0.1) is 0 Å². The molecule has 2 aromatic rings. The number of nitrogens with one attached hydrogen (secondary N) is 1. The molecular weight excluding hydrogens is 286 g/mol. The number of hydrogen-bond acceptors (Lipinski definition) is 4. The number of carboxylic acid groups (broad SMARTS) is 1. The lowest BCUT2D eigenvalue weighted by Gasteiger charge is -2.19. The number of hydrogen-bond donors (Lipinski definition) is 2. The summed E-state index contributed by atoms with van der Waals surface area (Å²) in [4.78, 5) is 42.9. The van der Waals surface area contributed by atoms with E-state index >= 15 is 0 Å². The molecule has 7 heteroatoms. The summed E-state index contributed by atoms with van der Waals surface area (Å²) >= 11 is 0. The third kappa shape index (κ3) is 3.69. The second-order valence-electron chi connectivity index (χ2n) is 4.95. The maximum Gasteiger partial charge on any atom is 0.323 e. The molecule has 0 aliphatic carbocycles. The zero-order valence-electron chi connectivity index (χ0n) is 12.2. The van der Waals surface area contributed by atoms with Crippen LogP contribution < -0.4 is 5.56 Å². The van der Waals surface area contributed by atoms with Gasteiger partial charge in [0, 0.05) is 23.7 Å². The van der Waals surface area contributed by atoms with Crippen molar-refractivity contribution in [3.8, 4) is 0 Å². The van der Waals surface area contributed by atoms with Crippen LogP contribution in [0.1, 0.15) is 18.9 Å². The van der Waals surface area contributed by atoms with Crippen molar-refractivity contribution in [3.63, 3.8) is 0 Å². The fourth-order valence-electron chi connectivity index (χ4n) is 2.21. The zero-order chi connectivity index (χ0) is 16.1. The topological polar surface area (TPSA) is 103 Å². The van der Waals surface area contributed by atoms with Crippen LogP contribution in [-0.2, 0) is 16.0 Å². The van der Waals surface area contributed by atoms with Crippen molar-refractivity contribution in [1.29, 1.82) is 0 Å². The molecule has 0 aliphatic rings. The Labute approximate surface area is 126 Å². The quantitative estimate of drug-likeness (QED) is 0.821. The first kappa shape index (κ1) is 15.7. The Bertz CT molecular complexity index is 754. The summed E-state index contributed by atoms with van der Waals surface area (Å²) in [6, 6.07) is 5.14. The van der Waals surface area contributed by atoms with Gasteiger partial charge in [-0.1, -0.05) is 6.92 Å². The number of aliphatic carboxylic acids is 1. The van der Waals surface area contributed by atoms with Crippen molar-refractivity contribution < 1.29 is 14.7 Å². The molecule has 0 bridgehead atoms. The molecule has 2 aromatic heterocycles. The van der Waals surface area contributed by atoms with E-state index in [1.807, 2.05) is 6.92 Å². The van der Waals surface area contributed by atoms with E-state index in [0.717, 1.165) is 5.39 Å². The molecule has 22 heavy (non-hydrogen) atoms. The van der Waals surface area contributed by atoms with Crippen molar-refractivity contribution in [3.05, 3.63) is 40.3 Å². The first-order valence-corrected chi connectivity index (χ1v) is 6.97. The lowest BCUT2D eigenvalue weighted by atomic mass is 10.1. The lowest BCUT2D eigenvalue weighted by molar-refractivity contribution is -0.144. The number of carboxylic acids is 1. The highest BCUT2D eigenvalue weighted by Crippen LogP contribution is 2.09. The first-order valence-electron chi connectivity index (χ1n) is 6.97. The summed E-state index contributed by atoms with van der Waals surface area (Å²) in [5, 5.41) is 9.58. The van der Waals surface area contributed by atoms with E-state index in [2.05, 4.69) is 9.97 Å². The number of carbonyl (C=O) groups is 2. The Kier molecular flexibility index (Phi) is 4.88. The van der Waals surface area contributed by atoms with Crippen LogP contribution in [-0.4, -0.2) is 44.9 Å². The van der Waals surface area contributed by atoms with Gasteiger partial charge < -0.3 is 15.0 Å². The van der Waals surface area contributed by atoms with Crippen molar-refractivity contribution in [1.82, 2.24) is 14.9 Å². The van der Waals surface area contributed by atoms with Crippen LogP contribution in [0.15, 0.2) is 29.2 Å². The maximum atomic E-state index is 12.2. The summed E-state index contributed by atoms with van der Waals surface area (Å²) in [6.07, 6.45) is 2.09. The number of aromatic amines is 1. The molecule has 0 saturated carbocycles. The standard InChI is InChI=1S/C15H17N3O4/c1-2-6-18(9-13(20)21)12(19)8-11-7-10-4-3-5-16-14(10)17-15(11)22/h3-5,7H,2,6,8-9H2,1H3,(H,20,21)(H,16,17,22). The Balaban J connectivity index is 2.24. The molecule has 0 radical (unpaired) electrons. The van der Waals surface area contributed by atoms with Gasteiger partial charge in [0.05, 0.1) is 6.42 Å². The van der Waals surface area contributed by atoms with Gasteiger partial charge in [-0.3, -0.25) is 14.4 Å². The van der Waals surface area contributed by atoms with Gasteiger partial charge in [0.15, 0.2) is 0 Å². The predicted molar refractivity (Wildman–Crippen MR) is 80.6 cm³/mol. The summed E-state index contributed by atoms with van der Waals surface area (Å²) in [5.74, 6) is -1.45. The smallest absolute Gasteiger partial charge is 0.323 e. The Morgan fingerprint density at radius 1 is 1.41 bits per heavy atom. The van der Waals surface area contributed by atoms with Gasteiger partial charge in [0.2, 0.25) is 5.91 Å². The number of carbonyl (C=O) groups excluding carboxylic acids is 1. The van der Waals surface area contributed by atoms with E-state index < -0.39 is 5.97 Å². The normalized spacial score (nSPS) is 10.6. The van der Waals surface area contributed by atoms with Gasteiger partial charge in [-0.25, -0.2) is 4.98 Å². The number of pyridine rings is 2. The van der Waals surface area contributed by atoms with E-state index in [4.69, 9.17) is 5.11 Å². The largest absolute Gasteiger partial charge is 0.480 e. The zero-order valence-corrected chi connectivity index (χ0v) is 12.2. The fraction of sp³-hybridized carbons (Fsp3) is 0.333. The highest BCUT2D eigenvalue weighted by atomic mass is 16.4. The Morgan fingerprint density at radius 2 is 2.18 bits per heavy atom. The summed E-state index contributed by atoms with van der Waals surface area (Å²) in [5.41, 5.74) is 0.378. The Morgan fingerprint density at radius 3 is 2.86 bits per heavy atom. The van der Waals surface area contributed by atoms with Gasteiger partial charge in [0.25, 0.3) is 5.56 Å². The van der Waals surface area contributed by atoms with Crippen LogP contribution in [0.2, 0.25) is 0 Å². The molecule has 116 valence electrons. The van der Waals surface area contributed by atoms with Gasteiger partial charge in [-0.2, -0.15) is 0 Å². The van der Waals surface area contributed by atoms with Gasteiger partial charge in [-0.05, 0) is 24.6 Å². The van der Waals surface area contributed by atoms with Crippen LogP contribution in [0.4, 0.5) is 0 Å². The molecule has 0 unspecified atom stereocenters. The summed E-state index contributed by atoms with van der Waals surface area (Å²) in [6.45, 7) is 1.84. The molecule has 2 rings (SSSR count). The van der Waals surface area contributed by atoms with E-state index in [9.17, 15) is 14.4 Å². The number of fused-ring (bicyclic) bond motifs is 1. The van der Waals surface area contributed by atoms with Crippen LogP contribution in [0.25, 0.3) is 11.0 Å². The lowest BCUT2D eigenvalue weighted by Crippen LogP contribution is -2.38. The van der Waals surface area contributed by atoms with Crippen LogP contribution in [0.3, 0.4) is 0 Å². The molecule has 0 spiro atoms. The van der Waals surface area contributed by atoms with Crippen molar-refractivity contribution in [2.45, 2.75) is 19.8 Å². The molecule has 0 saturated heterocycles. The molecular formula is C15H17N3O4. The fourth-order valence-corrected chi connectivity index (χ4v) is 2.21. The molecule has 0 aliphatic heterocycles. The first-order chi connectivity index (χ1) is 10.5. The summed E-state index contributed by atoms with van der Waals surface area (Å²) in [7, 11) is 0. The number of aromatic nitrogens is 2. The second kappa shape index (κ2) is 6.84. The number of rotatable bonds is 6. The Hall–Kier alpha value is -2.70.